The molecule has 0 aromatic rings. The van der Waals surface area contributed by atoms with Crippen LogP contribution < -0.4 is 5.32 Å². The van der Waals surface area contributed by atoms with E-state index < -0.39 is 0 Å². The van der Waals surface area contributed by atoms with E-state index >= 15 is 0 Å². The first kappa shape index (κ1) is 15.4. The van der Waals surface area contributed by atoms with Gasteiger partial charge in [-0.2, -0.15) is 0 Å². The van der Waals surface area contributed by atoms with E-state index in [9.17, 15) is 4.79 Å². The van der Waals surface area contributed by atoms with Crippen molar-refractivity contribution < 1.29 is 9.53 Å². The number of ether oxygens (including phenoxy) is 1. The van der Waals surface area contributed by atoms with Gasteiger partial charge in [-0.3, -0.25) is 4.79 Å². The normalized spacial score (nSPS) is 24.9. The van der Waals surface area contributed by atoms with Crippen molar-refractivity contribution in [3.8, 4) is 0 Å². The summed E-state index contributed by atoms with van der Waals surface area (Å²) < 4.78 is 4.99. The van der Waals surface area contributed by atoms with Crippen LogP contribution in [0.1, 0.15) is 34.1 Å². The lowest BCUT2D eigenvalue weighted by atomic mass is 9.95. The average Bonchev–Trinajstić information content (AvgIpc) is 2.28. The summed E-state index contributed by atoms with van der Waals surface area (Å²) in [7, 11) is 1.58. The van der Waals surface area contributed by atoms with Crippen molar-refractivity contribution in [2.75, 3.05) is 26.8 Å². The largest absolute Gasteiger partial charge is 0.375 e. The summed E-state index contributed by atoms with van der Waals surface area (Å²) in [6, 6.07) is 0.705. The molecule has 1 aliphatic rings. The fourth-order valence-electron chi connectivity index (χ4n) is 2.65. The average molecular weight is 256 g/mol. The van der Waals surface area contributed by atoms with E-state index in [1.165, 1.54) is 0 Å². The number of hydrogen-bond acceptors (Lipinski definition) is 3. The Morgan fingerprint density at radius 3 is 2.56 bits per heavy atom. The minimum atomic E-state index is 0.117. The molecular formula is C14H28N2O2. The summed E-state index contributed by atoms with van der Waals surface area (Å²) >= 11 is 0. The summed E-state index contributed by atoms with van der Waals surface area (Å²) in [4.78, 5) is 14.1. The first-order chi connectivity index (χ1) is 8.45. The Kier molecular flexibility index (Phi) is 6.09. The topological polar surface area (TPSA) is 41.6 Å². The van der Waals surface area contributed by atoms with Crippen molar-refractivity contribution >= 4 is 5.91 Å². The number of piperazine rings is 1. The maximum atomic E-state index is 12.1. The molecule has 1 rings (SSSR count). The monoisotopic (exact) mass is 256 g/mol. The van der Waals surface area contributed by atoms with Crippen LogP contribution in [-0.2, 0) is 9.53 Å². The van der Waals surface area contributed by atoms with Crippen LogP contribution >= 0.6 is 0 Å². The van der Waals surface area contributed by atoms with Crippen LogP contribution in [0.25, 0.3) is 0 Å². The predicted molar refractivity (Wildman–Crippen MR) is 73.5 cm³/mol. The zero-order chi connectivity index (χ0) is 13.7. The van der Waals surface area contributed by atoms with E-state index in [4.69, 9.17) is 4.74 Å². The number of carbonyl (C=O) groups excluding carboxylic acids is 1. The Bertz CT molecular complexity index is 267. The van der Waals surface area contributed by atoms with Gasteiger partial charge in [0.2, 0.25) is 5.91 Å². The Labute approximate surface area is 111 Å². The molecule has 1 amide bonds. The second-order valence-corrected chi connectivity index (χ2v) is 6.03. The highest BCUT2D eigenvalue weighted by atomic mass is 16.5. The second kappa shape index (κ2) is 7.10. The van der Waals surface area contributed by atoms with Gasteiger partial charge < -0.3 is 15.0 Å². The number of amides is 1. The van der Waals surface area contributed by atoms with Gasteiger partial charge in [0, 0.05) is 32.3 Å². The van der Waals surface area contributed by atoms with E-state index in [0.29, 0.717) is 17.9 Å². The van der Waals surface area contributed by atoms with Crippen molar-refractivity contribution in [2.24, 2.45) is 11.8 Å². The lowest BCUT2D eigenvalue weighted by Gasteiger charge is -2.42. The smallest absolute Gasteiger partial charge is 0.248 e. The molecule has 1 fully saturated rings. The molecule has 1 aliphatic heterocycles. The van der Waals surface area contributed by atoms with Crippen LogP contribution in [0.3, 0.4) is 0 Å². The standard InChI is InChI=1S/C14H28N2O2/c1-10(2)6-12-8-16(14(17)9-18-5)13(7-15-12)11(3)4/h10-13,15H,6-9H2,1-5H3. The molecule has 0 radical (unpaired) electrons. The maximum Gasteiger partial charge on any atom is 0.248 e. The van der Waals surface area contributed by atoms with Gasteiger partial charge in [-0.15, -0.1) is 0 Å². The van der Waals surface area contributed by atoms with E-state index in [2.05, 4.69) is 33.0 Å². The predicted octanol–water partition coefficient (Wildman–Crippen LogP) is 1.50. The highest BCUT2D eigenvalue weighted by molar-refractivity contribution is 5.78. The van der Waals surface area contributed by atoms with Crippen molar-refractivity contribution in [3.63, 3.8) is 0 Å². The van der Waals surface area contributed by atoms with Crippen LogP contribution in [0.15, 0.2) is 0 Å². The molecule has 1 saturated heterocycles. The van der Waals surface area contributed by atoms with Crippen molar-refractivity contribution in [2.45, 2.75) is 46.2 Å². The van der Waals surface area contributed by atoms with Crippen molar-refractivity contribution in [3.05, 3.63) is 0 Å². The van der Waals surface area contributed by atoms with Crippen LogP contribution in [0.5, 0.6) is 0 Å². The van der Waals surface area contributed by atoms with Gasteiger partial charge in [0.05, 0.1) is 0 Å². The van der Waals surface area contributed by atoms with Crippen LogP contribution in [0, 0.1) is 11.8 Å². The minimum Gasteiger partial charge on any atom is -0.375 e. The molecule has 18 heavy (non-hydrogen) atoms. The Morgan fingerprint density at radius 1 is 1.39 bits per heavy atom. The van der Waals surface area contributed by atoms with Crippen LogP contribution in [0.4, 0.5) is 0 Å². The van der Waals surface area contributed by atoms with Gasteiger partial charge in [0.15, 0.2) is 0 Å². The molecular weight excluding hydrogens is 228 g/mol. The molecule has 2 atom stereocenters. The number of methoxy groups -OCH3 is 1. The molecule has 0 bridgehead atoms. The van der Waals surface area contributed by atoms with Crippen LogP contribution in [0.2, 0.25) is 0 Å². The Hall–Kier alpha value is -0.610. The lowest BCUT2D eigenvalue weighted by molar-refractivity contribution is -0.140. The summed E-state index contributed by atoms with van der Waals surface area (Å²) in [5.74, 6) is 1.24. The molecule has 4 heteroatoms. The SMILES string of the molecule is COCC(=O)N1CC(CC(C)C)NCC1C(C)C. The number of nitrogens with one attached hydrogen (secondary N) is 1. The van der Waals surface area contributed by atoms with Crippen LogP contribution in [-0.4, -0.2) is 49.7 Å². The summed E-state index contributed by atoms with van der Waals surface area (Å²) in [6.45, 7) is 10.7. The molecule has 1 heterocycles. The first-order valence-electron chi connectivity index (χ1n) is 6.97. The van der Waals surface area contributed by atoms with Gasteiger partial charge in [0.25, 0.3) is 0 Å². The lowest BCUT2D eigenvalue weighted by Crippen LogP contribution is -2.60. The number of nitrogens with zero attached hydrogens (tertiary/aromatic N) is 1. The number of hydrogen-bond donors (Lipinski definition) is 1. The van der Waals surface area contributed by atoms with E-state index in [0.717, 1.165) is 19.5 Å². The van der Waals surface area contributed by atoms with E-state index in [-0.39, 0.29) is 18.6 Å². The van der Waals surface area contributed by atoms with E-state index in [1.54, 1.807) is 7.11 Å². The zero-order valence-corrected chi connectivity index (χ0v) is 12.4. The fraction of sp³-hybridized carbons (Fsp3) is 0.929. The third-order valence-corrected chi connectivity index (χ3v) is 3.55. The molecule has 0 spiro atoms. The molecule has 1 N–H and O–H groups in total. The first-order valence-corrected chi connectivity index (χ1v) is 6.97. The van der Waals surface area contributed by atoms with Gasteiger partial charge >= 0.3 is 0 Å². The number of carbonyl (C=O) groups is 1. The van der Waals surface area contributed by atoms with Gasteiger partial charge in [-0.05, 0) is 18.3 Å². The summed E-state index contributed by atoms with van der Waals surface area (Å²) in [6.07, 6.45) is 1.11. The van der Waals surface area contributed by atoms with E-state index in [1.807, 2.05) is 4.90 Å². The third kappa shape index (κ3) is 4.25. The molecule has 0 aromatic heterocycles. The molecule has 0 saturated carbocycles. The van der Waals surface area contributed by atoms with Gasteiger partial charge in [-0.25, -0.2) is 0 Å². The Balaban J connectivity index is 2.67. The Morgan fingerprint density at radius 2 is 2.06 bits per heavy atom. The molecule has 0 aliphatic carbocycles. The van der Waals surface area contributed by atoms with Gasteiger partial charge in [-0.1, -0.05) is 27.7 Å². The summed E-state index contributed by atoms with van der Waals surface area (Å²) in [5, 5.41) is 3.57. The minimum absolute atomic E-state index is 0.117. The van der Waals surface area contributed by atoms with Crippen molar-refractivity contribution in [1.29, 1.82) is 0 Å². The molecule has 106 valence electrons. The third-order valence-electron chi connectivity index (χ3n) is 3.55. The van der Waals surface area contributed by atoms with Crippen molar-refractivity contribution in [1.82, 2.24) is 10.2 Å². The molecule has 0 aromatic carbocycles. The molecule has 2 unspecified atom stereocenters. The second-order valence-electron chi connectivity index (χ2n) is 6.03. The maximum absolute atomic E-state index is 12.1. The summed E-state index contributed by atoms with van der Waals surface area (Å²) in [5.41, 5.74) is 0. The zero-order valence-electron chi connectivity index (χ0n) is 12.4. The number of rotatable bonds is 5. The quantitative estimate of drug-likeness (QED) is 0.810. The van der Waals surface area contributed by atoms with Gasteiger partial charge in [0.1, 0.15) is 6.61 Å². The molecule has 4 nitrogen and oxygen atoms in total. The highest BCUT2D eigenvalue weighted by Crippen LogP contribution is 2.18. The fourth-order valence-corrected chi connectivity index (χ4v) is 2.65. The highest BCUT2D eigenvalue weighted by Gasteiger charge is 2.32.